The highest BCUT2D eigenvalue weighted by atomic mass is 16.4. The highest BCUT2D eigenvalue weighted by Crippen LogP contribution is 2.05. The van der Waals surface area contributed by atoms with Crippen molar-refractivity contribution in [3.8, 4) is 0 Å². The first-order valence-corrected chi connectivity index (χ1v) is 5.02. The summed E-state index contributed by atoms with van der Waals surface area (Å²) in [6.45, 7) is 6.24. The van der Waals surface area contributed by atoms with Crippen molar-refractivity contribution in [3.05, 3.63) is 0 Å². The minimum absolute atomic E-state index is 0.517. The predicted molar refractivity (Wildman–Crippen MR) is 59.6 cm³/mol. The topological polar surface area (TPSA) is 91.0 Å². The average molecular weight is 216 g/mol. The maximum absolute atomic E-state index is 9.00. The number of carbonyl (C=O) groups is 1. The average Bonchev–Trinajstić information content (AvgIpc) is 2.18. The van der Waals surface area contributed by atoms with Gasteiger partial charge in [-0.25, -0.2) is 0 Å². The second-order valence-corrected chi connectivity index (χ2v) is 3.21. The molecule has 1 aliphatic rings. The summed E-state index contributed by atoms with van der Waals surface area (Å²) in [5.74, 6) is -0.833. The molecule has 1 saturated heterocycles. The fourth-order valence-corrected chi connectivity index (χ4v) is 1.34. The van der Waals surface area contributed by atoms with Crippen molar-refractivity contribution < 1.29 is 9.90 Å². The number of hydrogen-bond acceptors (Lipinski definition) is 4. The van der Waals surface area contributed by atoms with Crippen molar-refractivity contribution >= 4 is 12.3 Å². The second kappa shape index (κ2) is 8.05. The molecule has 6 nitrogen and oxygen atoms in total. The lowest BCUT2D eigenvalue weighted by molar-refractivity contribution is -0.134. The number of piperazine rings is 1. The number of nitrogens with zero attached hydrogens (tertiary/aromatic N) is 2. The SMILES string of the molecule is CC(=O)O.CCC1CNCCN1N=CN. The van der Waals surface area contributed by atoms with Gasteiger partial charge in [0.25, 0.3) is 5.97 Å². The van der Waals surface area contributed by atoms with Gasteiger partial charge in [-0.05, 0) is 6.42 Å². The van der Waals surface area contributed by atoms with E-state index >= 15 is 0 Å². The largest absolute Gasteiger partial charge is 0.481 e. The molecule has 1 atom stereocenters. The molecule has 1 heterocycles. The van der Waals surface area contributed by atoms with Gasteiger partial charge in [-0.1, -0.05) is 6.92 Å². The van der Waals surface area contributed by atoms with Crippen LogP contribution in [0.5, 0.6) is 0 Å². The number of carboxylic acids is 1. The first-order chi connectivity index (χ1) is 7.11. The van der Waals surface area contributed by atoms with Gasteiger partial charge in [0.05, 0.1) is 6.04 Å². The molecule has 0 amide bonds. The molecular formula is C9H20N4O2. The normalized spacial score (nSPS) is 20.9. The molecule has 0 aromatic heterocycles. The highest BCUT2D eigenvalue weighted by Gasteiger charge is 2.17. The van der Waals surface area contributed by atoms with Gasteiger partial charge in [0.2, 0.25) is 0 Å². The molecule has 1 fully saturated rings. The standard InChI is InChI=1S/C7H16N4.C2H4O2/c1-2-7-5-9-3-4-11(7)10-6-8;1-2(3)4/h6-7,9H,2-5H2,1H3,(H2,8,10);1H3,(H,3,4). The van der Waals surface area contributed by atoms with Crippen LogP contribution in [-0.4, -0.2) is 48.1 Å². The summed E-state index contributed by atoms with van der Waals surface area (Å²) in [7, 11) is 0. The lowest BCUT2D eigenvalue weighted by Crippen LogP contribution is -2.48. The summed E-state index contributed by atoms with van der Waals surface area (Å²) in [6.07, 6.45) is 2.48. The van der Waals surface area contributed by atoms with E-state index in [0.29, 0.717) is 6.04 Å². The number of carboxylic acid groups (broad SMARTS) is 1. The molecule has 4 N–H and O–H groups in total. The van der Waals surface area contributed by atoms with Crippen molar-refractivity contribution in [3.63, 3.8) is 0 Å². The number of rotatable bonds is 2. The van der Waals surface area contributed by atoms with Gasteiger partial charge < -0.3 is 16.2 Å². The van der Waals surface area contributed by atoms with Crippen LogP contribution in [0, 0.1) is 0 Å². The molecule has 1 unspecified atom stereocenters. The third kappa shape index (κ3) is 6.73. The van der Waals surface area contributed by atoms with Crippen LogP contribution in [0.25, 0.3) is 0 Å². The Balaban J connectivity index is 0.000000423. The lowest BCUT2D eigenvalue weighted by Gasteiger charge is -2.32. The van der Waals surface area contributed by atoms with Crippen LogP contribution in [-0.2, 0) is 4.79 Å². The third-order valence-corrected chi connectivity index (χ3v) is 2.01. The molecule has 0 aromatic rings. The molecule has 0 bridgehead atoms. The second-order valence-electron chi connectivity index (χ2n) is 3.21. The zero-order valence-electron chi connectivity index (χ0n) is 9.31. The van der Waals surface area contributed by atoms with E-state index in [-0.39, 0.29) is 0 Å². The number of nitrogens with two attached hydrogens (primary N) is 1. The molecule has 88 valence electrons. The zero-order valence-corrected chi connectivity index (χ0v) is 9.31. The van der Waals surface area contributed by atoms with Crippen molar-refractivity contribution in [2.75, 3.05) is 19.6 Å². The summed E-state index contributed by atoms with van der Waals surface area (Å²) in [6, 6.07) is 0.517. The van der Waals surface area contributed by atoms with Crippen molar-refractivity contribution in [2.45, 2.75) is 26.3 Å². The van der Waals surface area contributed by atoms with Gasteiger partial charge in [-0.3, -0.25) is 9.80 Å². The molecule has 0 spiro atoms. The molecule has 15 heavy (non-hydrogen) atoms. The molecule has 0 aromatic carbocycles. The van der Waals surface area contributed by atoms with E-state index in [2.05, 4.69) is 22.4 Å². The van der Waals surface area contributed by atoms with E-state index in [9.17, 15) is 0 Å². The zero-order chi connectivity index (χ0) is 11.7. The van der Waals surface area contributed by atoms with Crippen LogP contribution in [0.2, 0.25) is 0 Å². The highest BCUT2D eigenvalue weighted by molar-refractivity contribution is 5.62. The Morgan fingerprint density at radius 1 is 1.80 bits per heavy atom. The molecule has 6 heteroatoms. The Labute approximate surface area is 90.1 Å². The Morgan fingerprint density at radius 2 is 2.40 bits per heavy atom. The van der Waals surface area contributed by atoms with Gasteiger partial charge in [0.15, 0.2) is 0 Å². The summed E-state index contributed by atoms with van der Waals surface area (Å²) in [5, 5.41) is 16.9. The van der Waals surface area contributed by atoms with Crippen LogP contribution < -0.4 is 11.1 Å². The minimum Gasteiger partial charge on any atom is -0.481 e. The number of nitrogens with one attached hydrogen (secondary N) is 1. The van der Waals surface area contributed by atoms with E-state index in [4.69, 9.17) is 15.6 Å². The fourth-order valence-electron chi connectivity index (χ4n) is 1.34. The van der Waals surface area contributed by atoms with Crippen LogP contribution >= 0.6 is 0 Å². The van der Waals surface area contributed by atoms with Crippen LogP contribution in [0.3, 0.4) is 0 Å². The monoisotopic (exact) mass is 216 g/mol. The van der Waals surface area contributed by atoms with Gasteiger partial charge in [0, 0.05) is 26.6 Å². The Morgan fingerprint density at radius 3 is 2.87 bits per heavy atom. The van der Waals surface area contributed by atoms with Crippen LogP contribution in [0.4, 0.5) is 0 Å². The van der Waals surface area contributed by atoms with Gasteiger partial charge in [0.1, 0.15) is 6.34 Å². The Bertz CT molecular complexity index is 204. The summed E-state index contributed by atoms with van der Waals surface area (Å²) in [4.78, 5) is 9.00. The maximum Gasteiger partial charge on any atom is 0.300 e. The van der Waals surface area contributed by atoms with E-state index < -0.39 is 5.97 Å². The first kappa shape index (κ1) is 13.7. The third-order valence-electron chi connectivity index (χ3n) is 2.01. The van der Waals surface area contributed by atoms with Gasteiger partial charge in [-0.2, -0.15) is 5.10 Å². The minimum atomic E-state index is -0.833. The first-order valence-electron chi connectivity index (χ1n) is 5.02. The Hall–Kier alpha value is -1.30. The van der Waals surface area contributed by atoms with Crippen LogP contribution in [0.15, 0.2) is 5.10 Å². The summed E-state index contributed by atoms with van der Waals surface area (Å²) >= 11 is 0. The van der Waals surface area contributed by atoms with Crippen molar-refractivity contribution in [1.29, 1.82) is 0 Å². The number of hydrazone groups is 1. The van der Waals surface area contributed by atoms with Crippen molar-refractivity contribution in [2.24, 2.45) is 10.8 Å². The molecule has 1 aliphatic heterocycles. The van der Waals surface area contributed by atoms with E-state index in [0.717, 1.165) is 33.0 Å². The van der Waals surface area contributed by atoms with Crippen LogP contribution in [0.1, 0.15) is 20.3 Å². The van der Waals surface area contributed by atoms with Gasteiger partial charge >= 0.3 is 0 Å². The van der Waals surface area contributed by atoms with Gasteiger partial charge in [-0.15, -0.1) is 0 Å². The molecular weight excluding hydrogens is 196 g/mol. The molecule has 1 rings (SSSR count). The summed E-state index contributed by atoms with van der Waals surface area (Å²) < 4.78 is 0. The van der Waals surface area contributed by atoms with E-state index in [1.807, 2.05) is 0 Å². The summed E-state index contributed by atoms with van der Waals surface area (Å²) in [5.41, 5.74) is 5.22. The fraction of sp³-hybridized carbons (Fsp3) is 0.778. The van der Waals surface area contributed by atoms with E-state index in [1.54, 1.807) is 0 Å². The smallest absolute Gasteiger partial charge is 0.300 e. The van der Waals surface area contributed by atoms with Crippen molar-refractivity contribution in [1.82, 2.24) is 10.3 Å². The molecule has 0 saturated carbocycles. The quantitative estimate of drug-likeness (QED) is 0.434. The maximum atomic E-state index is 9.00. The number of aliphatic carboxylic acids is 1. The predicted octanol–water partition coefficient (Wildman–Crippen LogP) is -0.337. The number of hydrogen-bond donors (Lipinski definition) is 3. The molecule has 0 aliphatic carbocycles. The van der Waals surface area contributed by atoms with E-state index in [1.165, 1.54) is 6.34 Å². The molecule has 0 radical (unpaired) electrons. The Kier molecular flexibility index (Phi) is 7.35. The lowest BCUT2D eigenvalue weighted by atomic mass is 10.2.